The number of halogens is 1. The van der Waals surface area contributed by atoms with Crippen LogP contribution in [0, 0.1) is 5.82 Å². The van der Waals surface area contributed by atoms with Crippen LogP contribution in [0.25, 0.3) is 22.4 Å². The van der Waals surface area contributed by atoms with Crippen LogP contribution in [0.1, 0.15) is 21.7 Å². The van der Waals surface area contributed by atoms with E-state index in [1.165, 1.54) is 18.1 Å². The van der Waals surface area contributed by atoms with E-state index in [2.05, 4.69) is 20.6 Å². The molecule has 2 aliphatic heterocycles. The summed E-state index contributed by atoms with van der Waals surface area (Å²) < 4.78 is 25.9. The number of benzene rings is 1. The summed E-state index contributed by atoms with van der Waals surface area (Å²) in [6.07, 6.45) is 1.71. The molecule has 12 heteroatoms. The van der Waals surface area contributed by atoms with E-state index in [1.54, 1.807) is 30.5 Å². The first-order valence-electron chi connectivity index (χ1n) is 12.0. The molecule has 2 aliphatic rings. The number of pyridine rings is 2. The Bertz CT molecular complexity index is 1670. The lowest BCUT2D eigenvalue weighted by Gasteiger charge is -2.28. The fraction of sp³-hybridized carbons (Fsp3) is 0.222. The van der Waals surface area contributed by atoms with Crippen LogP contribution in [0.5, 0.6) is 5.75 Å². The van der Waals surface area contributed by atoms with Gasteiger partial charge in [-0.05, 0) is 35.9 Å². The van der Waals surface area contributed by atoms with E-state index in [-0.39, 0.29) is 30.2 Å². The third-order valence-corrected chi connectivity index (χ3v) is 6.94. The maximum Gasteiger partial charge on any atom is 0.322 e. The molecule has 0 spiro atoms. The monoisotopic (exact) mass is 530 g/mol. The van der Waals surface area contributed by atoms with Crippen molar-refractivity contribution in [1.82, 2.24) is 25.5 Å². The number of nitrogens with one attached hydrogen (secondary N) is 2. The molecule has 0 saturated carbocycles. The first-order chi connectivity index (χ1) is 18.7. The predicted molar refractivity (Wildman–Crippen MR) is 138 cm³/mol. The summed E-state index contributed by atoms with van der Waals surface area (Å²) in [5.41, 5.74) is 0.819. The van der Waals surface area contributed by atoms with Gasteiger partial charge in [0, 0.05) is 38.5 Å². The smallest absolute Gasteiger partial charge is 0.322 e. The van der Waals surface area contributed by atoms with Crippen molar-refractivity contribution in [1.29, 1.82) is 0 Å². The van der Waals surface area contributed by atoms with E-state index in [0.717, 1.165) is 11.4 Å². The number of fused-ring (bicyclic) bond motifs is 2. The summed E-state index contributed by atoms with van der Waals surface area (Å²) in [6, 6.07) is 11.1. The van der Waals surface area contributed by atoms with E-state index in [4.69, 9.17) is 9.15 Å². The number of carbonyl (C=O) groups excluding carboxylic acids is 3. The number of amides is 4. The zero-order chi connectivity index (χ0) is 27.5. The first kappa shape index (κ1) is 24.3. The fourth-order valence-electron chi connectivity index (χ4n) is 4.92. The second kappa shape index (κ2) is 8.79. The SMILES string of the molecule is COc1ccc2c(c1F)C(=O)N(C[C@@]1(c3cc4nc(-c5ccc(N(C)C)nc5)ccc4o3)NC(=O)NC1=O)C2. The molecule has 11 nitrogen and oxygen atoms in total. The molecular weight excluding hydrogens is 507 g/mol. The standard InChI is InChI=1S/C27H23FN6O5/c1-33(2)21-9-5-14(11-29-21)16-6-8-18-17(30-16)10-20(39-18)27(25(36)31-26(37)32-27)13-34-12-15-4-7-19(38-3)23(28)22(15)24(34)35/h4-11H,12-13H2,1-3H3,(H2,31,32,36,37)/t27-/m0/s1. The molecule has 1 fully saturated rings. The van der Waals surface area contributed by atoms with Crippen LogP contribution < -0.4 is 20.3 Å². The lowest BCUT2D eigenvalue weighted by Crippen LogP contribution is -2.52. The molecule has 0 aliphatic carbocycles. The number of carbonyl (C=O) groups is 3. The molecule has 6 rings (SSSR count). The average molecular weight is 531 g/mol. The van der Waals surface area contributed by atoms with Crippen molar-refractivity contribution in [3.05, 3.63) is 71.4 Å². The maximum absolute atomic E-state index is 14.9. The number of hydrogen-bond donors (Lipinski definition) is 2. The first-order valence-corrected chi connectivity index (χ1v) is 12.0. The second-order valence-corrected chi connectivity index (χ2v) is 9.58. The molecule has 4 amide bonds. The van der Waals surface area contributed by atoms with Crippen LogP contribution in [0.4, 0.5) is 15.0 Å². The topological polar surface area (TPSA) is 130 Å². The molecule has 3 aromatic heterocycles. The van der Waals surface area contributed by atoms with E-state index in [9.17, 15) is 18.8 Å². The number of imide groups is 1. The van der Waals surface area contributed by atoms with Gasteiger partial charge in [-0.1, -0.05) is 6.07 Å². The van der Waals surface area contributed by atoms with Crippen LogP contribution in [0.3, 0.4) is 0 Å². The molecule has 198 valence electrons. The number of urea groups is 1. The van der Waals surface area contributed by atoms with Crippen LogP contribution in [-0.4, -0.2) is 60.5 Å². The Kier molecular flexibility index (Phi) is 5.49. The quantitative estimate of drug-likeness (QED) is 0.364. The molecule has 4 aromatic rings. The van der Waals surface area contributed by atoms with Crippen LogP contribution in [0.2, 0.25) is 0 Å². The molecule has 1 saturated heterocycles. The van der Waals surface area contributed by atoms with Gasteiger partial charge in [-0.25, -0.2) is 19.2 Å². The molecule has 1 aromatic carbocycles. The Balaban J connectivity index is 1.36. The van der Waals surface area contributed by atoms with Gasteiger partial charge in [0.2, 0.25) is 0 Å². The zero-order valence-corrected chi connectivity index (χ0v) is 21.2. The maximum atomic E-state index is 14.9. The lowest BCUT2D eigenvalue weighted by atomic mass is 9.95. The minimum Gasteiger partial charge on any atom is -0.494 e. The van der Waals surface area contributed by atoms with E-state index < -0.39 is 29.2 Å². The number of rotatable bonds is 6. The number of hydrogen-bond acceptors (Lipinski definition) is 8. The predicted octanol–water partition coefficient (Wildman–Crippen LogP) is 2.79. The lowest BCUT2D eigenvalue weighted by molar-refractivity contribution is -0.125. The Morgan fingerprint density at radius 2 is 1.97 bits per heavy atom. The number of ether oxygens (including phenoxy) is 1. The Hall–Kier alpha value is -5.00. The number of methoxy groups -OCH3 is 1. The van der Waals surface area contributed by atoms with Crippen LogP contribution in [0.15, 0.2) is 53.1 Å². The third kappa shape index (κ3) is 3.83. The summed E-state index contributed by atoms with van der Waals surface area (Å²) in [6.45, 7) is -0.249. The number of anilines is 1. The van der Waals surface area contributed by atoms with Crippen molar-refractivity contribution in [2.45, 2.75) is 12.1 Å². The van der Waals surface area contributed by atoms with Crippen molar-refractivity contribution in [3.8, 4) is 17.0 Å². The summed E-state index contributed by atoms with van der Waals surface area (Å²) in [4.78, 5) is 50.9. The molecule has 0 unspecified atom stereocenters. The van der Waals surface area contributed by atoms with E-state index in [1.807, 2.05) is 31.1 Å². The van der Waals surface area contributed by atoms with Gasteiger partial charge in [0.25, 0.3) is 11.8 Å². The number of furan rings is 1. The fourth-order valence-corrected chi connectivity index (χ4v) is 4.92. The van der Waals surface area contributed by atoms with Gasteiger partial charge in [-0.15, -0.1) is 0 Å². The summed E-state index contributed by atoms with van der Waals surface area (Å²) in [7, 11) is 5.11. The van der Waals surface area contributed by atoms with Gasteiger partial charge < -0.3 is 24.3 Å². The van der Waals surface area contributed by atoms with Crippen LogP contribution >= 0.6 is 0 Å². The average Bonchev–Trinajstić information content (AvgIpc) is 3.57. The van der Waals surface area contributed by atoms with Gasteiger partial charge in [0.15, 0.2) is 22.7 Å². The molecule has 5 heterocycles. The highest BCUT2D eigenvalue weighted by Crippen LogP contribution is 2.36. The van der Waals surface area contributed by atoms with E-state index in [0.29, 0.717) is 22.4 Å². The molecule has 0 radical (unpaired) electrons. The minimum absolute atomic E-state index is 0.0402. The Morgan fingerprint density at radius 1 is 1.15 bits per heavy atom. The highest BCUT2D eigenvalue weighted by molar-refractivity contribution is 6.08. The van der Waals surface area contributed by atoms with Gasteiger partial charge >= 0.3 is 6.03 Å². The Morgan fingerprint density at radius 3 is 2.64 bits per heavy atom. The number of nitrogens with zero attached hydrogens (tertiary/aromatic N) is 4. The third-order valence-electron chi connectivity index (χ3n) is 6.94. The van der Waals surface area contributed by atoms with E-state index >= 15 is 0 Å². The van der Waals surface area contributed by atoms with Crippen molar-refractivity contribution in [2.24, 2.45) is 0 Å². The van der Waals surface area contributed by atoms with Gasteiger partial charge in [-0.2, -0.15) is 0 Å². The molecule has 39 heavy (non-hydrogen) atoms. The van der Waals surface area contributed by atoms with Gasteiger partial charge in [0.05, 0.1) is 24.9 Å². The highest BCUT2D eigenvalue weighted by Gasteiger charge is 2.53. The normalized spacial score (nSPS) is 18.4. The minimum atomic E-state index is -1.74. The largest absolute Gasteiger partial charge is 0.494 e. The Labute approximate surface area is 221 Å². The van der Waals surface area contributed by atoms with Crippen LogP contribution in [-0.2, 0) is 16.9 Å². The summed E-state index contributed by atoms with van der Waals surface area (Å²) >= 11 is 0. The highest BCUT2D eigenvalue weighted by atomic mass is 19.1. The summed E-state index contributed by atoms with van der Waals surface area (Å²) in [5.74, 6) is -1.26. The summed E-state index contributed by atoms with van der Waals surface area (Å²) in [5, 5.41) is 4.85. The molecular formula is C27H23FN6O5. The van der Waals surface area contributed by atoms with Crippen molar-refractivity contribution in [3.63, 3.8) is 0 Å². The van der Waals surface area contributed by atoms with Gasteiger partial charge in [0.1, 0.15) is 17.1 Å². The van der Waals surface area contributed by atoms with Crippen molar-refractivity contribution >= 4 is 34.8 Å². The number of aromatic nitrogens is 2. The second-order valence-electron chi connectivity index (χ2n) is 9.58. The molecule has 2 N–H and O–H groups in total. The van der Waals surface area contributed by atoms with Crippen molar-refractivity contribution in [2.75, 3.05) is 32.6 Å². The molecule has 1 atom stereocenters. The zero-order valence-electron chi connectivity index (χ0n) is 21.2. The van der Waals surface area contributed by atoms with Crippen molar-refractivity contribution < 1.29 is 27.9 Å². The van der Waals surface area contributed by atoms with Gasteiger partial charge in [-0.3, -0.25) is 14.9 Å². The molecule has 0 bridgehead atoms.